The molecular weight excluding hydrogens is 294 g/mol. The molecule has 0 aliphatic heterocycles. The lowest BCUT2D eigenvalue weighted by molar-refractivity contribution is -0.121. The molecule has 1 aliphatic carbocycles. The van der Waals surface area contributed by atoms with E-state index in [0.717, 1.165) is 34.1 Å². The molecule has 1 fully saturated rings. The Balaban J connectivity index is 1.65. The number of aromatic nitrogens is 2. The summed E-state index contributed by atoms with van der Waals surface area (Å²) in [7, 11) is 0. The quantitative estimate of drug-likeness (QED) is 0.939. The third-order valence-corrected chi connectivity index (χ3v) is 5.25. The van der Waals surface area contributed by atoms with Crippen LogP contribution in [0.3, 0.4) is 0 Å². The van der Waals surface area contributed by atoms with Crippen molar-refractivity contribution in [1.29, 1.82) is 0 Å². The molecule has 2 aromatic rings. The highest BCUT2D eigenvalue weighted by molar-refractivity contribution is 7.15. The van der Waals surface area contributed by atoms with Gasteiger partial charge in [0.05, 0.1) is 17.8 Å². The number of carbonyl (C=O) groups is 1. The van der Waals surface area contributed by atoms with E-state index in [4.69, 9.17) is 0 Å². The van der Waals surface area contributed by atoms with Gasteiger partial charge < -0.3 is 5.32 Å². The molecule has 4 nitrogen and oxygen atoms in total. The summed E-state index contributed by atoms with van der Waals surface area (Å²) in [5.41, 5.74) is 1.80. The molecule has 0 atom stereocenters. The van der Waals surface area contributed by atoms with Crippen molar-refractivity contribution in [3.63, 3.8) is 0 Å². The fourth-order valence-corrected chi connectivity index (χ4v) is 3.90. The molecule has 1 saturated carbocycles. The molecule has 1 amide bonds. The van der Waals surface area contributed by atoms with Gasteiger partial charge in [0.15, 0.2) is 0 Å². The van der Waals surface area contributed by atoms with Crippen molar-refractivity contribution in [2.75, 3.05) is 0 Å². The third-order valence-electron chi connectivity index (χ3n) is 4.07. The highest BCUT2D eigenvalue weighted by Gasteiger charge is 2.18. The first-order chi connectivity index (χ1) is 10.7. The molecule has 2 aromatic heterocycles. The minimum absolute atomic E-state index is 0.117. The third kappa shape index (κ3) is 3.71. The van der Waals surface area contributed by atoms with Crippen LogP contribution in [-0.4, -0.2) is 21.9 Å². The average molecular weight is 315 g/mol. The van der Waals surface area contributed by atoms with Gasteiger partial charge in [-0.3, -0.25) is 9.78 Å². The number of hydrogen-bond acceptors (Lipinski definition) is 4. The first-order valence-electron chi connectivity index (χ1n) is 7.89. The number of nitrogens with one attached hydrogen (secondary N) is 1. The first kappa shape index (κ1) is 15.2. The summed E-state index contributed by atoms with van der Waals surface area (Å²) in [5, 5.41) is 4.06. The van der Waals surface area contributed by atoms with E-state index in [0.29, 0.717) is 12.5 Å². The summed E-state index contributed by atoms with van der Waals surface area (Å²) in [5.74, 6) is 0.117. The van der Waals surface area contributed by atoms with Crippen molar-refractivity contribution in [3.05, 3.63) is 35.0 Å². The fraction of sp³-hybridized carbons (Fsp3) is 0.471. The van der Waals surface area contributed by atoms with Crippen molar-refractivity contribution < 1.29 is 4.79 Å². The second-order valence-corrected chi connectivity index (χ2v) is 6.91. The van der Waals surface area contributed by atoms with Crippen molar-refractivity contribution in [3.8, 4) is 10.7 Å². The maximum Gasteiger partial charge on any atom is 0.225 e. The maximum absolute atomic E-state index is 12.2. The van der Waals surface area contributed by atoms with Crippen molar-refractivity contribution in [2.24, 2.45) is 0 Å². The molecule has 2 heterocycles. The molecule has 5 heteroatoms. The van der Waals surface area contributed by atoms with Gasteiger partial charge in [0, 0.05) is 17.1 Å². The van der Waals surface area contributed by atoms with Gasteiger partial charge >= 0.3 is 0 Å². The van der Waals surface area contributed by atoms with E-state index < -0.39 is 0 Å². The maximum atomic E-state index is 12.2. The number of amides is 1. The SMILES string of the molecule is Cc1nc(-c2ccccn2)sc1CC(=O)NC1CCCCC1. The van der Waals surface area contributed by atoms with E-state index in [1.807, 2.05) is 25.1 Å². The van der Waals surface area contributed by atoms with E-state index in [9.17, 15) is 4.79 Å². The molecule has 22 heavy (non-hydrogen) atoms. The van der Waals surface area contributed by atoms with E-state index >= 15 is 0 Å². The Kier molecular flexibility index (Phi) is 4.83. The molecule has 3 rings (SSSR count). The lowest BCUT2D eigenvalue weighted by atomic mass is 9.95. The minimum atomic E-state index is 0.117. The lowest BCUT2D eigenvalue weighted by Gasteiger charge is -2.22. The molecule has 0 unspecified atom stereocenters. The zero-order valence-electron chi connectivity index (χ0n) is 12.8. The van der Waals surface area contributed by atoms with Crippen LogP contribution < -0.4 is 5.32 Å². The van der Waals surface area contributed by atoms with Gasteiger partial charge in [-0.25, -0.2) is 4.98 Å². The van der Waals surface area contributed by atoms with Crippen LogP contribution in [0.1, 0.15) is 42.7 Å². The number of carbonyl (C=O) groups excluding carboxylic acids is 1. The van der Waals surface area contributed by atoms with Gasteiger partial charge in [0.25, 0.3) is 0 Å². The van der Waals surface area contributed by atoms with Crippen LogP contribution >= 0.6 is 11.3 Å². The van der Waals surface area contributed by atoms with Crippen LogP contribution in [0.25, 0.3) is 10.7 Å². The van der Waals surface area contributed by atoms with E-state index in [1.165, 1.54) is 19.3 Å². The number of rotatable bonds is 4. The van der Waals surface area contributed by atoms with Gasteiger partial charge in [0.2, 0.25) is 5.91 Å². The number of nitrogens with zero attached hydrogens (tertiary/aromatic N) is 2. The highest BCUT2D eigenvalue weighted by atomic mass is 32.1. The van der Waals surface area contributed by atoms with Crippen molar-refractivity contribution in [2.45, 2.75) is 51.5 Å². The molecular formula is C17H21N3OS. The van der Waals surface area contributed by atoms with Crippen LogP contribution in [0.5, 0.6) is 0 Å². The van der Waals surface area contributed by atoms with E-state index in [-0.39, 0.29) is 5.91 Å². The number of pyridine rings is 1. The molecule has 0 radical (unpaired) electrons. The number of aryl methyl sites for hydroxylation is 1. The number of thiazole rings is 1. The average Bonchev–Trinajstić information content (AvgIpc) is 2.90. The summed E-state index contributed by atoms with van der Waals surface area (Å²) in [6.07, 6.45) is 8.18. The molecule has 1 N–H and O–H groups in total. The Morgan fingerprint density at radius 2 is 2.14 bits per heavy atom. The molecule has 0 aromatic carbocycles. The molecule has 116 valence electrons. The summed E-state index contributed by atoms with van der Waals surface area (Å²) in [6, 6.07) is 6.16. The van der Waals surface area contributed by atoms with Crippen molar-refractivity contribution >= 4 is 17.2 Å². The fourth-order valence-electron chi connectivity index (χ4n) is 2.86. The summed E-state index contributed by atoms with van der Waals surface area (Å²) >= 11 is 1.57. The van der Waals surface area contributed by atoms with E-state index in [1.54, 1.807) is 17.5 Å². The second kappa shape index (κ2) is 7.01. The molecule has 0 spiro atoms. The highest BCUT2D eigenvalue weighted by Crippen LogP contribution is 2.27. The number of hydrogen-bond donors (Lipinski definition) is 1. The van der Waals surface area contributed by atoms with Crippen LogP contribution in [-0.2, 0) is 11.2 Å². The van der Waals surface area contributed by atoms with Crippen LogP contribution in [0, 0.1) is 6.92 Å². The predicted molar refractivity (Wildman–Crippen MR) is 88.8 cm³/mol. The van der Waals surface area contributed by atoms with Gasteiger partial charge in [-0.1, -0.05) is 25.3 Å². The van der Waals surface area contributed by atoms with E-state index in [2.05, 4.69) is 15.3 Å². The lowest BCUT2D eigenvalue weighted by Crippen LogP contribution is -2.37. The second-order valence-electron chi connectivity index (χ2n) is 5.82. The zero-order chi connectivity index (χ0) is 15.4. The van der Waals surface area contributed by atoms with Crippen LogP contribution in [0.2, 0.25) is 0 Å². The van der Waals surface area contributed by atoms with Gasteiger partial charge in [-0.05, 0) is 31.9 Å². The van der Waals surface area contributed by atoms with Crippen molar-refractivity contribution in [1.82, 2.24) is 15.3 Å². The summed E-state index contributed by atoms with van der Waals surface area (Å²) < 4.78 is 0. The zero-order valence-corrected chi connectivity index (χ0v) is 13.7. The van der Waals surface area contributed by atoms with Gasteiger partial charge in [-0.15, -0.1) is 11.3 Å². The summed E-state index contributed by atoms with van der Waals surface area (Å²) in [6.45, 7) is 1.96. The Morgan fingerprint density at radius 3 is 2.86 bits per heavy atom. The van der Waals surface area contributed by atoms with Gasteiger partial charge in [-0.2, -0.15) is 0 Å². The topological polar surface area (TPSA) is 54.9 Å². The minimum Gasteiger partial charge on any atom is -0.353 e. The Bertz CT molecular complexity index is 633. The first-order valence-corrected chi connectivity index (χ1v) is 8.71. The largest absolute Gasteiger partial charge is 0.353 e. The van der Waals surface area contributed by atoms with Gasteiger partial charge in [0.1, 0.15) is 5.01 Å². The normalized spacial score (nSPS) is 15.7. The van der Waals surface area contributed by atoms with Crippen LogP contribution in [0.15, 0.2) is 24.4 Å². The standard InChI is InChI=1S/C17H21N3OS/c1-12-15(11-16(21)20-13-7-3-2-4-8-13)22-17(19-12)14-9-5-6-10-18-14/h5-6,9-10,13H,2-4,7-8,11H2,1H3,(H,20,21). The Morgan fingerprint density at radius 1 is 1.32 bits per heavy atom. The molecule has 1 aliphatic rings. The summed E-state index contributed by atoms with van der Waals surface area (Å²) in [4.78, 5) is 22.1. The molecule has 0 bridgehead atoms. The predicted octanol–water partition coefficient (Wildman–Crippen LogP) is 3.50. The molecule has 0 saturated heterocycles. The smallest absolute Gasteiger partial charge is 0.225 e. The Hall–Kier alpha value is -1.75. The monoisotopic (exact) mass is 315 g/mol. The Labute approximate surface area is 135 Å². The van der Waals surface area contributed by atoms with Crippen LogP contribution in [0.4, 0.5) is 0 Å².